The highest BCUT2D eigenvalue weighted by Gasteiger charge is 2.57. The van der Waals surface area contributed by atoms with Gasteiger partial charge in [0.15, 0.2) is 0 Å². The Morgan fingerprint density at radius 2 is 1.62 bits per heavy atom. The maximum Gasteiger partial charge on any atom is 0.142 e. The lowest BCUT2D eigenvalue weighted by Gasteiger charge is -2.48. The molecule has 1 unspecified atom stereocenters. The van der Waals surface area contributed by atoms with Gasteiger partial charge in [0, 0.05) is 17.9 Å². The Labute approximate surface area is 236 Å². The van der Waals surface area contributed by atoms with E-state index in [9.17, 15) is 4.79 Å². The van der Waals surface area contributed by atoms with Gasteiger partial charge >= 0.3 is 0 Å². The average Bonchev–Trinajstić information content (AvgIpc) is 3.23. The Hall–Kier alpha value is -2.13. The van der Waals surface area contributed by atoms with Crippen LogP contribution in [0.4, 0.5) is 0 Å². The second-order valence-electron chi connectivity index (χ2n) is 13.0. The molecule has 2 aromatic carbocycles. The Morgan fingerprint density at radius 1 is 0.897 bits per heavy atom. The van der Waals surface area contributed by atoms with Crippen molar-refractivity contribution in [3.8, 4) is 5.75 Å². The molecule has 1 N–H and O–H groups in total. The standard InChI is InChI=1S/C36H50O3/c1-36-22-21-32-31-20-18-30(39-26-27-14-10-9-11-15-27)24-28(31)17-19-33(32)34(36)25-29(35(36)38)16-12-7-5-3-2-4-6-8-13-23-37/h9-11,14-15,18,20,24,29,32-34,37H,2-8,12-13,16-17,19,21-23,25-26H2,1H3/t29?,32-,33-,34+,36+/m1/s1. The number of ether oxygens (including phenoxy) is 1. The van der Waals surface area contributed by atoms with E-state index in [1.165, 1.54) is 68.1 Å². The number of Topliss-reactive ketones (excluding diaryl/α,β-unsaturated/α-hetero) is 1. The summed E-state index contributed by atoms with van der Waals surface area (Å²) in [5.41, 5.74) is 4.12. The van der Waals surface area contributed by atoms with E-state index in [0.29, 0.717) is 42.7 Å². The molecule has 39 heavy (non-hydrogen) atoms. The molecule has 0 saturated heterocycles. The molecule has 0 heterocycles. The SMILES string of the molecule is C[C@]12CC[C@@H]3c4ccc(OCc5ccccc5)cc4CC[C@H]3[C@@H]1CC(CCCCCCCCCCCO)C2=O. The van der Waals surface area contributed by atoms with Gasteiger partial charge in [0.2, 0.25) is 0 Å². The van der Waals surface area contributed by atoms with Gasteiger partial charge in [-0.05, 0) is 91.5 Å². The number of rotatable bonds is 14. The van der Waals surface area contributed by atoms with Crippen molar-refractivity contribution in [1.29, 1.82) is 0 Å². The van der Waals surface area contributed by atoms with Gasteiger partial charge in [-0.1, -0.05) is 94.7 Å². The summed E-state index contributed by atoms with van der Waals surface area (Å²) in [6.45, 7) is 3.27. The van der Waals surface area contributed by atoms with Crippen molar-refractivity contribution in [1.82, 2.24) is 0 Å². The number of hydrogen-bond acceptors (Lipinski definition) is 3. The molecule has 212 valence electrons. The van der Waals surface area contributed by atoms with E-state index in [2.05, 4.69) is 49.4 Å². The van der Waals surface area contributed by atoms with Gasteiger partial charge in [-0.3, -0.25) is 4.79 Å². The number of unbranched alkanes of at least 4 members (excludes halogenated alkanes) is 8. The maximum absolute atomic E-state index is 13.7. The van der Waals surface area contributed by atoms with E-state index in [1.54, 1.807) is 0 Å². The van der Waals surface area contributed by atoms with Crippen molar-refractivity contribution in [3.63, 3.8) is 0 Å². The fraction of sp³-hybridized carbons (Fsp3) is 0.639. The van der Waals surface area contributed by atoms with Gasteiger partial charge in [-0.25, -0.2) is 0 Å². The number of carbonyl (C=O) groups is 1. The largest absolute Gasteiger partial charge is 0.489 e. The van der Waals surface area contributed by atoms with Crippen LogP contribution in [-0.4, -0.2) is 17.5 Å². The second-order valence-corrected chi connectivity index (χ2v) is 13.0. The van der Waals surface area contributed by atoms with Crippen LogP contribution in [0.1, 0.15) is 119 Å². The van der Waals surface area contributed by atoms with Crippen LogP contribution in [0.25, 0.3) is 0 Å². The quantitative estimate of drug-likeness (QED) is 0.248. The Balaban J connectivity index is 1.11. The van der Waals surface area contributed by atoms with Crippen molar-refractivity contribution in [2.45, 2.75) is 116 Å². The van der Waals surface area contributed by atoms with E-state index >= 15 is 0 Å². The first-order valence-electron chi connectivity index (χ1n) is 16.0. The average molecular weight is 531 g/mol. The number of carbonyl (C=O) groups excluding carboxylic acids is 1. The van der Waals surface area contributed by atoms with Gasteiger partial charge in [-0.2, -0.15) is 0 Å². The van der Waals surface area contributed by atoms with Crippen LogP contribution in [0.15, 0.2) is 48.5 Å². The van der Waals surface area contributed by atoms with Crippen LogP contribution < -0.4 is 4.74 Å². The van der Waals surface area contributed by atoms with Crippen molar-refractivity contribution < 1.29 is 14.6 Å². The monoisotopic (exact) mass is 530 g/mol. The fourth-order valence-corrected chi connectivity index (χ4v) is 8.32. The maximum atomic E-state index is 13.7. The zero-order valence-electron chi connectivity index (χ0n) is 24.2. The highest BCUT2D eigenvalue weighted by molar-refractivity contribution is 5.89. The third kappa shape index (κ3) is 6.62. The highest BCUT2D eigenvalue weighted by Crippen LogP contribution is 2.61. The summed E-state index contributed by atoms with van der Waals surface area (Å²) in [6, 6.07) is 17.2. The molecule has 0 aromatic heterocycles. The number of aliphatic hydroxyl groups is 1. The highest BCUT2D eigenvalue weighted by atomic mass is 16.5. The molecule has 0 radical (unpaired) electrons. The van der Waals surface area contributed by atoms with Crippen LogP contribution in [0.5, 0.6) is 5.75 Å². The molecular formula is C36H50O3. The summed E-state index contributed by atoms with van der Waals surface area (Å²) in [6.07, 6.45) is 17.9. The number of fused-ring (bicyclic) bond motifs is 5. The van der Waals surface area contributed by atoms with E-state index in [0.717, 1.165) is 50.7 Å². The Morgan fingerprint density at radius 3 is 2.36 bits per heavy atom. The Kier molecular flexibility index (Phi) is 9.82. The van der Waals surface area contributed by atoms with Gasteiger partial charge in [0.05, 0.1) is 0 Å². The predicted molar refractivity (Wildman–Crippen MR) is 159 cm³/mol. The van der Waals surface area contributed by atoms with Crippen molar-refractivity contribution in [2.24, 2.45) is 23.2 Å². The molecule has 0 bridgehead atoms. The lowest BCUT2D eigenvalue weighted by molar-refractivity contribution is -0.132. The number of aryl methyl sites for hydroxylation is 1. The van der Waals surface area contributed by atoms with Crippen molar-refractivity contribution in [2.75, 3.05) is 6.61 Å². The van der Waals surface area contributed by atoms with Gasteiger partial charge in [0.25, 0.3) is 0 Å². The van der Waals surface area contributed by atoms with E-state index in [-0.39, 0.29) is 5.41 Å². The molecule has 3 aliphatic carbocycles. The third-order valence-electron chi connectivity index (χ3n) is 10.5. The topological polar surface area (TPSA) is 46.5 Å². The summed E-state index contributed by atoms with van der Waals surface area (Å²) in [7, 11) is 0. The minimum atomic E-state index is -0.0867. The van der Waals surface area contributed by atoms with Crippen LogP contribution >= 0.6 is 0 Å². The van der Waals surface area contributed by atoms with Crippen molar-refractivity contribution in [3.05, 3.63) is 65.2 Å². The number of ketones is 1. The summed E-state index contributed by atoms with van der Waals surface area (Å²) in [4.78, 5) is 13.7. The number of aliphatic hydroxyl groups excluding tert-OH is 1. The molecule has 0 amide bonds. The molecule has 3 aliphatic rings. The lowest BCUT2D eigenvalue weighted by Crippen LogP contribution is -2.42. The zero-order valence-corrected chi connectivity index (χ0v) is 24.2. The number of benzene rings is 2. The summed E-state index contributed by atoms with van der Waals surface area (Å²) < 4.78 is 6.14. The van der Waals surface area contributed by atoms with Crippen LogP contribution in [0.2, 0.25) is 0 Å². The molecule has 3 nitrogen and oxygen atoms in total. The molecule has 2 fully saturated rings. The van der Waals surface area contributed by atoms with Gasteiger partial charge in [0.1, 0.15) is 18.1 Å². The first kappa shape index (κ1) is 28.4. The van der Waals surface area contributed by atoms with Crippen LogP contribution in [0, 0.1) is 23.2 Å². The summed E-state index contributed by atoms with van der Waals surface area (Å²) >= 11 is 0. The zero-order chi connectivity index (χ0) is 27.1. The first-order valence-corrected chi connectivity index (χ1v) is 16.0. The molecular weight excluding hydrogens is 480 g/mol. The smallest absolute Gasteiger partial charge is 0.142 e. The summed E-state index contributed by atoms with van der Waals surface area (Å²) in [5, 5.41) is 8.88. The van der Waals surface area contributed by atoms with Gasteiger partial charge in [-0.15, -0.1) is 0 Å². The molecule has 0 spiro atoms. The number of hydrogen-bond donors (Lipinski definition) is 1. The van der Waals surface area contributed by atoms with E-state index in [4.69, 9.17) is 9.84 Å². The lowest BCUT2D eigenvalue weighted by atomic mass is 9.55. The summed E-state index contributed by atoms with van der Waals surface area (Å²) in [5.74, 6) is 3.72. The molecule has 5 atom stereocenters. The van der Waals surface area contributed by atoms with Crippen LogP contribution in [-0.2, 0) is 17.8 Å². The van der Waals surface area contributed by atoms with Gasteiger partial charge < -0.3 is 9.84 Å². The molecule has 3 heteroatoms. The second kappa shape index (κ2) is 13.5. The van der Waals surface area contributed by atoms with E-state index in [1.807, 2.05) is 6.07 Å². The minimum absolute atomic E-state index is 0.0867. The predicted octanol–water partition coefficient (Wildman–Crippen LogP) is 8.81. The molecule has 0 aliphatic heterocycles. The molecule has 2 aromatic rings. The third-order valence-corrected chi connectivity index (χ3v) is 10.5. The first-order chi connectivity index (χ1) is 19.1. The minimum Gasteiger partial charge on any atom is -0.489 e. The van der Waals surface area contributed by atoms with Crippen LogP contribution in [0.3, 0.4) is 0 Å². The normalized spacial score (nSPS) is 27.6. The molecule has 5 rings (SSSR count). The van der Waals surface area contributed by atoms with Crippen molar-refractivity contribution >= 4 is 5.78 Å². The molecule has 2 saturated carbocycles. The fourth-order valence-electron chi connectivity index (χ4n) is 8.32. The van der Waals surface area contributed by atoms with E-state index < -0.39 is 0 Å². The Bertz CT molecular complexity index is 1060.